The molecule has 2 heterocycles. The molecule has 104 valence electrons. The maximum Gasteiger partial charge on any atom is 0.193 e. The third-order valence-corrected chi connectivity index (χ3v) is 3.97. The number of thiazole rings is 1. The fourth-order valence-corrected chi connectivity index (χ4v) is 2.82. The van der Waals surface area contributed by atoms with Crippen LogP contribution in [0.15, 0.2) is 42.0 Å². The zero-order valence-corrected chi connectivity index (χ0v) is 12.2. The summed E-state index contributed by atoms with van der Waals surface area (Å²) in [4.78, 5) is 5.60. The second-order valence-electron chi connectivity index (χ2n) is 4.60. The number of aromatic nitrogens is 2. The molecule has 0 aliphatic heterocycles. The van der Waals surface area contributed by atoms with Crippen LogP contribution >= 0.6 is 11.3 Å². The van der Waals surface area contributed by atoms with Crippen LogP contribution in [0.5, 0.6) is 5.75 Å². The molecule has 0 unspecified atom stereocenters. The van der Waals surface area contributed by atoms with Gasteiger partial charge in [0.05, 0.1) is 12.8 Å². The Hall–Kier alpha value is -1.85. The Morgan fingerprint density at radius 1 is 1.30 bits per heavy atom. The molecule has 3 rings (SSSR count). The van der Waals surface area contributed by atoms with Crippen molar-refractivity contribution in [3.05, 3.63) is 53.3 Å². The average Bonchev–Trinajstić information content (AvgIpc) is 3.05. The summed E-state index contributed by atoms with van der Waals surface area (Å²) in [7, 11) is 1.69. The van der Waals surface area contributed by atoms with Crippen molar-refractivity contribution in [3.63, 3.8) is 0 Å². The Morgan fingerprint density at radius 2 is 2.15 bits per heavy atom. The first kappa shape index (κ1) is 13.1. The van der Waals surface area contributed by atoms with E-state index in [9.17, 15) is 0 Å². The van der Waals surface area contributed by atoms with E-state index in [2.05, 4.69) is 33.0 Å². The van der Waals surface area contributed by atoms with E-state index in [-0.39, 0.29) is 0 Å². The predicted octanol–water partition coefficient (Wildman–Crippen LogP) is 2.74. The van der Waals surface area contributed by atoms with Gasteiger partial charge >= 0.3 is 0 Å². The number of hydrogen-bond acceptors (Lipinski definition) is 4. The number of ether oxygens (including phenoxy) is 1. The number of rotatable bonds is 6. The van der Waals surface area contributed by atoms with Crippen molar-refractivity contribution in [1.29, 1.82) is 0 Å². The van der Waals surface area contributed by atoms with E-state index < -0.39 is 0 Å². The summed E-state index contributed by atoms with van der Waals surface area (Å²) >= 11 is 1.66. The van der Waals surface area contributed by atoms with Crippen molar-refractivity contribution in [3.8, 4) is 5.75 Å². The molecule has 0 amide bonds. The van der Waals surface area contributed by atoms with Crippen LogP contribution in [0, 0.1) is 0 Å². The van der Waals surface area contributed by atoms with Gasteiger partial charge in [0, 0.05) is 24.3 Å². The van der Waals surface area contributed by atoms with E-state index in [1.54, 1.807) is 18.4 Å². The summed E-state index contributed by atoms with van der Waals surface area (Å²) in [5.41, 5.74) is 2.40. The van der Waals surface area contributed by atoms with Crippen molar-refractivity contribution in [2.75, 3.05) is 13.7 Å². The Kier molecular flexibility index (Phi) is 3.99. The van der Waals surface area contributed by atoms with Crippen molar-refractivity contribution >= 4 is 16.3 Å². The van der Waals surface area contributed by atoms with Crippen LogP contribution in [0.4, 0.5) is 0 Å². The highest BCUT2D eigenvalue weighted by Gasteiger charge is 2.01. The second-order valence-corrected chi connectivity index (χ2v) is 5.47. The van der Waals surface area contributed by atoms with Gasteiger partial charge in [-0.2, -0.15) is 0 Å². The van der Waals surface area contributed by atoms with Gasteiger partial charge in [-0.3, -0.25) is 4.40 Å². The van der Waals surface area contributed by atoms with E-state index in [1.165, 1.54) is 5.56 Å². The molecular formula is C15H17N3OS. The molecule has 4 nitrogen and oxygen atoms in total. The number of benzene rings is 1. The van der Waals surface area contributed by atoms with Crippen LogP contribution in [0.2, 0.25) is 0 Å². The first-order chi connectivity index (χ1) is 9.85. The standard InChI is InChI=1S/C15H17N3OS/c1-19-14-4-2-12(3-5-14)6-7-16-10-13-11-18-8-9-20-15(18)17-13/h2-5,8-9,11,16H,6-7,10H2,1H3. The van der Waals surface area contributed by atoms with Crippen molar-refractivity contribution in [2.24, 2.45) is 0 Å². The van der Waals surface area contributed by atoms with Gasteiger partial charge < -0.3 is 10.1 Å². The molecule has 0 aliphatic rings. The van der Waals surface area contributed by atoms with Crippen LogP contribution in [-0.4, -0.2) is 23.0 Å². The van der Waals surface area contributed by atoms with E-state index in [0.29, 0.717) is 0 Å². The Balaban J connectivity index is 1.46. The fraction of sp³-hybridized carbons (Fsp3) is 0.267. The molecule has 0 fully saturated rings. The van der Waals surface area contributed by atoms with Gasteiger partial charge in [0.1, 0.15) is 5.75 Å². The molecule has 0 bridgehead atoms. The summed E-state index contributed by atoms with van der Waals surface area (Å²) in [5, 5.41) is 5.47. The van der Waals surface area contributed by atoms with E-state index >= 15 is 0 Å². The maximum absolute atomic E-state index is 5.15. The monoisotopic (exact) mass is 287 g/mol. The molecule has 0 saturated heterocycles. The van der Waals surface area contributed by atoms with E-state index in [4.69, 9.17) is 4.74 Å². The third kappa shape index (κ3) is 3.00. The van der Waals surface area contributed by atoms with Gasteiger partial charge in [0.2, 0.25) is 0 Å². The van der Waals surface area contributed by atoms with Gasteiger partial charge in [-0.05, 0) is 30.7 Å². The number of imidazole rings is 1. The highest BCUT2D eigenvalue weighted by Crippen LogP contribution is 2.12. The van der Waals surface area contributed by atoms with Gasteiger partial charge in [-0.15, -0.1) is 11.3 Å². The Labute approximate surface area is 122 Å². The highest BCUT2D eigenvalue weighted by molar-refractivity contribution is 7.15. The topological polar surface area (TPSA) is 38.6 Å². The quantitative estimate of drug-likeness (QED) is 0.709. The van der Waals surface area contributed by atoms with Crippen LogP contribution in [0.3, 0.4) is 0 Å². The summed E-state index contributed by atoms with van der Waals surface area (Å²) in [6.07, 6.45) is 5.12. The summed E-state index contributed by atoms with van der Waals surface area (Å²) < 4.78 is 7.21. The molecule has 20 heavy (non-hydrogen) atoms. The number of hydrogen-bond donors (Lipinski definition) is 1. The largest absolute Gasteiger partial charge is 0.497 e. The van der Waals surface area contributed by atoms with Crippen molar-refractivity contribution < 1.29 is 4.74 Å². The highest BCUT2D eigenvalue weighted by atomic mass is 32.1. The molecule has 1 N–H and O–H groups in total. The number of methoxy groups -OCH3 is 1. The minimum atomic E-state index is 0.810. The molecule has 1 aromatic carbocycles. The molecular weight excluding hydrogens is 270 g/mol. The van der Waals surface area contributed by atoms with E-state index in [0.717, 1.165) is 35.9 Å². The average molecular weight is 287 g/mol. The lowest BCUT2D eigenvalue weighted by atomic mass is 10.1. The smallest absolute Gasteiger partial charge is 0.193 e. The zero-order chi connectivity index (χ0) is 13.8. The normalized spacial score (nSPS) is 11.1. The SMILES string of the molecule is COc1ccc(CCNCc2cn3ccsc3n2)cc1. The molecule has 0 atom stereocenters. The van der Waals surface area contributed by atoms with Gasteiger partial charge in [-0.1, -0.05) is 12.1 Å². The summed E-state index contributed by atoms with van der Waals surface area (Å²) in [6.45, 7) is 1.75. The lowest BCUT2D eigenvalue weighted by Gasteiger charge is -2.04. The van der Waals surface area contributed by atoms with Crippen LogP contribution < -0.4 is 10.1 Å². The van der Waals surface area contributed by atoms with E-state index in [1.807, 2.05) is 23.7 Å². The minimum absolute atomic E-state index is 0.810. The Morgan fingerprint density at radius 3 is 2.90 bits per heavy atom. The third-order valence-electron chi connectivity index (χ3n) is 3.20. The van der Waals surface area contributed by atoms with Gasteiger partial charge in [0.15, 0.2) is 4.96 Å². The first-order valence-electron chi connectivity index (χ1n) is 6.60. The number of nitrogens with one attached hydrogen (secondary N) is 1. The van der Waals surface area contributed by atoms with Crippen LogP contribution in [0.1, 0.15) is 11.3 Å². The van der Waals surface area contributed by atoms with Gasteiger partial charge in [0.25, 0.3) is 0 Å². The van der Waals surface area contributed by atoms with Crippen LogP contribution in [-0.2, 0) is 13.0 Å². The lowest BCUT2D eigenvalue weighted by Crippen LogP contribution is -2.16. The first-order valence-corrected chi connectivity index (χ1v) is 7.48. The fourth-order valence-electron chi connectivity index (χ4n) is 2.10. The summed E-state index contributed by atoms with van der Waals surface area (Å²) in [6, 6.07) is 8.21. The molecule has 0 radical (unpaired) electrons. The van der Waals surface area contributed by atoms with Crippen LogP contribution in [0.25, 0.3) is 4.96 Å². The van der Waals surface area contributed by atoms with Gasteiger partial charge in [-0.25, -0.2) is 4.98 Å². The Bertz CT molecular complexity index is 643. The molecule has 0 aliphatic carbocycles. The number of nitrogens with zero attached hydrogens (tertiary/aromatic N) is 2. The predicted molar refractivity (Wildman–Crippen MR) is 81.5 cm³/mol. The minimum Gasteiger partial charge on any atom is -0.497 e. The second kappa shape index (κ2) is 6.07. The maximum atomic E-state index is 5.15. The number of fused-ring (bicyclic) bond motifs is 1. The van der Waals surface area contributed by atoms with Crippen molar-refractivity contribution in [2.45, 2.75) is 13.0 Å². The summed E-state index contributed by atoms with van der Waals surface area (Å²) in [5.74, 6) is 0.903. The molecule has 2 aromatic heterocycles. The molecule has 0 saturated carbocycles. The lowest BCUT2D eigenvalue weighted by molar-refractivity contribution is 0.414. The molecule has 5 heteroatoms. The molecule has 3 aromatic rings. The van der Waals surface area contributed by atoms with Crippen molar-refractivity contribution in [1.82, 2.24) is 14.7 Å². The molecule has 0 spiro atoms. The zero-order valence-electron chi connectivity index (χ0n) is 11.4.